The van der Waals surface area contributed by atoms with E-state index in [4.69, 9.17) is 30.5 Å². The molecule has 0 saturated carbocycles. The Morgan fingerprint density at radius 3 is 1.49 bits per heavy atom. The van der Waals surface area contributed by atoms with Gasteiger partial charge in [-0.25, -0.2) is 9.59 Å². The van der Waals surface area contributed by atoms with Crippen molar-refractivity contribution in [1.82, 2.24) is 26.6 Å². The van der Waals surface area contributed by atoms with Gasteiger partial charge in [-0.3, -0.25) is 43.7 Å². The van der Waals surface area contributed by atoms with Crippen molar-refractivity contribution in [3.05, 3.63) is 0 Å². The monoisotopic (exact) mass is 961 g/mol. The molecular weight excluding hydrogens is 888 g/mol. The number of aliphatic carboxylic acids is 4. The summed E-state index contributed by atoms with van der Waals surface area (Å²) in [5.74, 6) is -10.7. The number of carbonyl (C=O) groups excluding carboxylic acids is 6. The van der Waals surface area contributed by atoms with E-state index < -0.39 is 110 Å². The molecule has 0 spiro atoms. The summed E-state index contributed by atoms with van der Waals surface area (Å²) in [5.41, 5.74) is 5.58. The minimum Gasteiger partial charge on any atom is -0.481 e. The second kappa shape index (κ2) is 38.9. The number of rotatable bonds is 45. The highest BCUT2D eigenvalue weighted by atomic mass is 16.5. The van der Waals surface area contributed by atoms with Crippen LogP contribution < -0.4 is 32.3 Å². The first-order chi connectivity index (χ1) is 32.0. The zero-order valence-electron chi connectivity index (χ0n) is 38.2. The fraction of sp³-hybridized carbons (Fsp3) is 0.767. The van der Waals surface area contributed by atoms with E-state index in [0.29, 0.717) is 12.8 Å². The van der Waals surface area contributed by atoms with E-state index in [1.54, 1.807) is 0 Å². The average molecular weight is 962 g/mol. The molecule has 0 aliphatic rings. The Bertz CT molecular complexity index is 1510. The highest BCUT2D eigenvalue weighted by Gasteiger charge is 2.35. The number of amides is 4. The number of ketones is 1. The maximum absolute atomic E-state index is 13.5. The number of carbonyl (C=O) groups is 9. The van der Waals surface area contributed by atoms with Crippen molar-refractivity contribution in [3.63, 3.8) is 0 Å². The number of carboxylic acid groups (broad SMARTS) is 4. The van der Waals surface area contributed by atoms with Gasteiger partial charge in [-0.1, -0.05) is 70.6 Å². The number of carboxylic acids is 4. The molecule has 0 rings (SSSR count). The van der Waals surface area contributed by atoms with Gasteiger partial charge in [0.15, 0.2) is 11.9 Å². The lowest BCUT2D eigenvalue weighted by atomic mass is 10.0. The summed E-state index contributed by atoms with van der Waals surface area (Å²) in [6.45, 7) is -2.09. The Kier molecular flexibility index (Phi) is 35.9. The van der Waals surface area contributed by atoms with Gasteiger partial charge in [-0.15, -0.1) is 0 Å². The highest BCUT2D eigenvalue weighted by Crippen LogP contribution is 2.14. The van der Waals surface area contributed by atoms with Crippen molar-refractivity contribution >= 4 is 59.6 Å². The second-order valence-corrected chi connectivity index (χ2v) is 15.8. The van der Waals surface area contributed by atoms with E-state index in [-0.39, 0.29) is 58.1 Å². The number of Topliss-reactive ketones (excluding diaryl/α,β-unsaturated/α-hetero) is 1. The smallest absolute Gasteiger partial charge is 0.332 e. The van der Waals surface area contributed by atoms with Crippen LogP contribution in [0.25, 0.3) is 0 Å². The molecule has 0 aromatic carbocycles. The Balaban J connectivity index is 4.97. The van der Waals surface area contributed by atoms with Crippen molar-refractivity contribution in [2.45, 2.75) is 165 Å². The van der Waals surface area contributed by atoms with E-state index in [2.05, 4.69) is 16.0 Å². The lowest BCUT2D eigenvalue weighted by Crippen LogP contribution is -2.61. The van der Waals surface area contributed by atoms with Gasteiger partial charge in [-0.2, -0.15) is 0 Å². The first kappa shape index (κ1) is 61.9. The van der Waals surface area contributed by atoms with Crippen molar-refractivity contribution in [2.24, 2.45) is 5.73 Å². The zero-order valence-corrected chi connectivity index (χ0v) is 38.2. The van der Waals surface area contributed by atoms with Crippen LogP contribution in [-0.2, 0) is 57.4 Å². The van der Waals surface area contributed by atoms with Crippen molar-refractivity contribution < 1.29 is 88.1 Å². The second-order valence-electron chi connectivity index (χ2n) is 15.8. The summed E-state index contributed by atoms with van der Waals surface area (Å²) in [6.07, 6.45) is 13.4. The summed E-state index contributed by atoms with van der Waals surface area (Å²) in [7, 11) is 0. The van der Waals surface area contributed by atoms with Gasteiger partial charge < -0.3 is 67.1 Å². The first-order valence-electron chi connectivity index (χ1n) is 22.9. The predicted octanol–water partition coefficient (Wildman–Crippen LogP) is -0.952. The van der Waals surface area contributed by atoms with Crippen LogP contribution in [0.4, 0.5) is 0 Å². The number of aliphatic hydroxyl groups excluding tert-OH is 2. The third-order valence-electron chi connectivity index (χ3n) is 10.3. The number of ether oxygens (including phenoxy) is 2. The van der Waals surface area contributed by atoms with Crippen LogP contribution in [0.3, 0.4) is 0 Å². The molecule has 24 heteroatoms. The molecule has 383 valence electrons. The molecule has 0 heterocycles. The fourth-order valence-electron chi connectivity index (χ4n) is 6.53. The zero-order chi connectivity index (χ0) is 50.4. The van der Waals surface area contributed by atoms with Gasteiger partial charge in [-0.05, 0) is 45.1 Å². The summed E-state index contributed by atoms with van der Waals surface area (Å²) >= 11 is 0. The van der Waals surface area contributed by atoms with Gasteiger partial charge in [0.1, 0.15) is 18.1 Å². The van der Waals surface area contributed by atoms with Gasteiger partial charge in [0, 0.05) is 25.8 Å². The topological polar surface area (TPSA) is 397 Å². The number of hydrogen-bond donors (Lipinski definition) is 12. The number of unbranched alkanes of at least 4 members (excludes halogenated alkanes) is 13. The normalized spacial score (nSPS) is 13.4. The van der Waals surface area contributed by atoms with Gasteiger partial charge in [0.05, 0.1) is 39.1 Å². The maximum Gasteiger partial charge on any atom is 0.332 e. The molecule has 0 bridgehead atoms. The SMILES string of the molecule is NCCCC[C@H](NC(=O)[C@H](CCC(=O)O)NC(=O)[C@H](CO)NC(=O)[C@H](CO)NC(C(=O)O)C(=O)O)C(=O)C([C]=O)OCCOCCNC(=O)CCCCCCCCCCCCCCCC(=O)O. The molecule has 13 N–H and O–H groups in total. The molecular formula is C43H73N6O18. The van der Waals surface area contributed by atoms with E-state index >= 15 is 0 Å². The predicted molar refractivity (Wildman–Crippen MR) is 237 cm³/mol. The molecule has 0 saturated heterocycles. The van der Waals surface area contributed by atoms with Crippen LogP contribution in [0, 0.1) is 0 Å². The molecule has 67 heavy (non-hydrogen) atoms. The minimum atomic E-state index is -2.34. The minimum absolute atomic E-state index is 0.0700. The maximum atomic E-state index is 13.5. The first-order valence-corrected chi connectivity index (χ1v) is 22.9. The van der Waals surface area contributed by atoms with Crippen LogP contribution in [-0.4, -0.2) is 173 Å². The standard InChI is InChI=1S/C43H73N6O18/c44-21-15-14-16-29(47-39(59)30(19-20-36(56)57)48-41(61)32(27-51)49-40(60)31(26-50)46-37(42(62)63)43(64)65)38(58)33(28-52)67-25-24-66-23-22-45-34(53)17-12-10-8-6-4-2-1-3-5-7-9-11-13-18-35(54)55/h29-33,37,46,50-51H,1-27,44H2,(H,45,53)(H,47,59)(H,48,61)(H,49,60)(H,54,55)(H,56,57)(H,62,63)(H,64,65)/t29-,30-,31-,32-,33?/m0/s1. The Morgan fingerprint density at radius 2 is 1.00 bits per heavy atom. The third kappa shape index (κ3) is 30.7. The van der Waals surface area contributed by atoms with Gasteiger partial charge >= 0.3 is 23.9 Å². The number of aliphatic hydroxyl groups is 2. The molecule has 24 nitrogen and oxygen atoms in total. The van der Waals surface area contributed by atoms with Crippen molar-refractivity contribution in [2.75, 3.05) is 46.1 Å². The molecule has 1 radical (unpaired) electrons. The van der Waals surface area contributed by atoms with Crippen LogP contribution in [0.1, 0.15) is 128 Å². The van der Waals surface area contributed by atoms with Crippen molar-refractivity contribution in [3.8, 4) is 0 Å². The Hall–Kier alpha value is -5.14. The van der Waals surface area contributed by atoms with E-state index in [0.717, 1.165) is 57.8 Å². The molecule has 0 fully saturated rings. The van der Waals surface area contributed by atoms with Crippen LogP contribution in [0.2, 0.25) is 0 Å². The third-order valence-corrected chi connectivity index (χ3v) is 10.3. The molecule has 5 atom stereocenters. The highest BCUT2D eigenvalue weighted by molar-refractivity contribution is 6.02. The van der Waals surface area contributed by atoms with E-state index in [9.17, 15) is 63.3 Å². The molecule has 4 amide bonds. The summed E-state index contributed by atoms with van der Waals surface area (Å²) in [5, 5.41) is 66.6. The molecule has 1 unspecified atom stereocenters. The van der Waals surface area contributed by atoms with Crippen molar-refractivity contribution in [1.29, 1.82) is 0 Å². The quantitative estimate of drug-likeness (QED) is 0.0258. The lowest BCUT2D eigenvalue weighted by molar-refractivity contribution is -0.152. The summed E-state index contributed by atoms with van der Waals surface area (Å²) in [6, 6.07) is -9.27. The van der Waals surface area contributed by atoms with E-state index in [1.165, 1.54) is 32.0 Å². The average Bonchev–Trinajstić information content (AvgIpc) is 3.28. The van der Waals surface area contributed by atoms with Gasteiger partial charge in [0.2, 0.25) is 36.0 Å². The number of hydrogen-bond acceptors (Lipinski definition) is 16. The Labute approximate surface area is 390 Å². The van der Waals surface area contributed by atoms with E-state index in [1.807, 2.05) is 10.6 Å². The molecule has 0 aromatic heterocycles. The lowest BCUT2D eigenvalue weighted by Gasteiger charge is -2.26. The molecule has 0 aliphatic carbocycles. The largest absolute Gasteiger partial charge is 0.481 e. The fourth-order valence-corrected chi connectivity index (χ4v) is 6.53. The Morgan fingerprint density at radius 1 is 0.522 bits per heavy atom. The molecule has 0 aliphatic heterocycles. The number of nitrogens with one attached hydrogen (secondary N) is 5. The molecule has 0 aromatic rings. The number of nitrogens with two attached hydrogens (primary N) is 1. The summed E-state index contributed by atoms with van der Waals surface area (Å²) in [4.78, 5) is 121. The van der Waals surface area contributed by atoms with Crippen LogP contribution >= 0.6 is 0 Å². The summed E-state index contributed by atoms with van der Waals surface area (Å²) < 4.78 is 10.8. The van der Waals surface area contributed by atoms with Crippen LogP contribution in [0.15, 0.2) is 0 Å². The van der Waals surface area contributed by atoms with Gasteiger partial charge in [0.25, 0.3) is 0 Å². The van der Waals surface area contributed by atoms with Crippen LogP contribution in [0.5, 0.6) is 0 Å².